The van der Waals surface area contributed by atoms with Crippen molar-refractivity contribution < 1.29 is 4.39 Å². The molecule has 0 N–H and O–H groups in total. The zero-order valence-electron chi connectivity index (χ0n) is 8.95. The molecule has 1 aromatic carbocycles. The largest absolute Gasteiger partial charge is 0.331 e. The van der Waals surface area contributed by atoms with Gasteiger partial charge in [-0.2, -0.15) is 0 Å². The monoisotopic (exact) mass is 238 g/mol. The molecule has 0 fully saturated rings. The maximum Gasteiger partial charge on any atom is 0.141 e. The minimum atomic E-state index is -0.383. The van der Waals surface area contributed by atoms with Crippen LogP contribution in [-0.4, -0.2) is 9.55 Å². The molecule has 2 rings (SSSR count). The van der Waals surface area contributed by atoms with E-state index < -0.39 is 0 Å². The van der Waals surface area contributed by atoms with E-state index in [-0.39, 0.29) is 10.8 Å². The molecule has 16 heavy (non-hydrogen) atoms. The second-order valence-electron chi connectivity index (χ2n) is 3.57. The first-order chi connectivity index (χ1) is 7.70. The molecule has 0 spiro atoms. The minimum Gasteiger partial charge on any atom is -0.331 e. The summed E-state index contributed by atoms with van der Waals surface area (Å²) < 4.78 is 15.0. The smallest absolute Gasteiger partial charge is 0.141 e. The molecule has 0 bridgehead atoms. The summed E-state index contributed by atoms with van der Waals surface area (Å²) >= 11 is 5.73. The number of imidazole rings is 1. The van der Waals surface area contributed by atoms with Crippen LogP contribution in [0.2, 0.25) is 5.02 Å². The Morgan fingerprint density at radius 2 is 2.25 bits per heavy atom. The lowest BCUT2D eigenvalue weighted by atomic mass is 10.2. The Kier molecular flexibility index (Phi) is 3.25. The lowest BCUT2D eigenvalue weighted by Crippen LogP contribution is -2.03. The third-order valence-corrected chi connectivity index (χ3v) is 2.74. The van der Waals surface area contributed by atoms with Gasteiger partial charge in [-0.05, 0) is 17.7 Å². The maximum absolute atomic E-state index is 13.0. The Labute approximate surface area is 98.7 Å². The molecule has 2 nitrogen and oxygen atoms in total. The van der Waals surface area contributed by atoms with Crippen LogP contribution in [0, 0.1) is 5.82 Å². The number of halogens is 2. The van der Waals surface area contributed by atoms with Gasteiger partial charge in [0.05, 0.1) is 5.02 Å². The van der Waals surface area contributed by atoms with E-state index in [1.807, 2.05) is 10.8 Å². The Bertz CT molecular complexity index is 494. The quantitative estimate of drug-likeness (QED) is 0.803. The van der Waals surface area contributed by atoms with Crippen LogP contribution in [0.5, 0.6) is 0 Å². The van der Waals surface area contributed by atoms with Crippen LogP contribution in [0.25, 0.3) is 0 Å². The molecule has 4 heteroatoms. The van der Waals surface area contributed by atoms with Gasteiger partial charge in [0.15, 0.2) is 0 Å². The Morgan fingerprint density at radius 3 is 2.94 bits per heavy atom. The van der Waals surface area contributed by atoms with Crippen LogP contribution in [0.1, 0.15) is 18.3 Å². The summed E-state index contributed by atoms with van der Waals surface area (Å²) in [7, 11) is 0. The summed E-state index contributed by atoms with van der Waals surface area (Å²) in [5, 5.41) is 0.163. The fraction of sp³-hybridized carbons (Fsp3) is 0.250. The van der Waals surface area contributed by atoms with Gasteiger partial charge in [-0.15, -0.1) is 0 Å². The highest BCUT2D eigenvalue weighted by molar-refractivity contribution is 6.30. The van der Waals surface area contributed by atoms with Crippen LogP contribution in [0.3, 0.4) is 0 Å². The van der Waals surface area contributed by atoms with E-state index in [1.165, 1.54) is 6.07 Å². The molecule has 0 aliphatic rings. The summed E-state index contributed by atoms with van der Waals surface area (Å²) in [6, 6.07) is 4.77. The fourth-order valence-corrected chi connectivity index (χ4v) is 1.84. The number of hydrogen-bond donors (Lipinski definition) is 0. The summed E-state index contributed by atoms with van der Waals surface area (Å²) in [5.41, 5.74) is 0.971. The molecule has 0 saturated heterocycles. The molecule has 1 heterocycles. The minimum absolute atomic E-state index is 0.163. The number of hydrogen-bond acceptors (Lipinski definition) is 1. The van der Waals surface area contributed by atoms with Gasteiger partial charge >= 0.3 is 0 Å². The fourth-order valence-electron chi connectivity index (χ4n) is 1.63. The first kappa shape index (κ1) is 11.1. The average Bonchev–Trinajstić information content (AvgIpc) is 2.71. The van der Waals surface area contributed by atoms with Crippen LogP contribution in [-0.2, 0) is 13.0 Å². The summed E-state index contributed by atoms with van der Waals surface area (Å²) in [6.07, 6.45) is 4.56. The van der Waals surface area contributed by atoms with Crippen LogP contribution >= 0.6 is 11.6 Å². The highest BCUT2D eigenvalue weighted by atomic mass is 35.5. The predicted molar refractivity (Wildman–Crippen MR) is 62.1 cm³/mol. The standard InChI is InChI=1S/C12H12ClFN2/c1-2-12-15-5-6-16(12)8-9-3-4-11(14)10(13)7-9/h3-7H,2,8H2,1H3. The van der Waals surface area contributed by atoms with Gasteiger partial charge in [0.2, 0.25) is 0 Å². The van der Waals surface area contributed by atoms with Crippen molar-refractivity contribution in [2.45, 2.75) is 19.9 Å². The van der Waals surface area contributed by atoms with Crippen molar-refractivity contribution in [3.05, 3.63) is 52.8 Å². The van der Waals surface area contributed by atoms with E-state index in [0.29, 0.717) is 6.54 Å². The highest BCUT2D eigenvalue weighted by Crippen LogP contribution is 2.17. The van der Waals surface area contributed by atoms with E-state index in [9.17, 15) is 4.39 Å². The van der Waals surface area contributed by atoms with Crippen molar-refractivity contribution in [1.82, 2.24) is 9.55 Å². The van der Waals surface area contributed by atoms with Crippen LogP contribution in [0.15, 0.2) is 30.6 Å². The number of rotatable bonds is 3. The third kappa shape index (κ3) is 2.25. The van der Waals surface area contributed by atoms with Crippen molar-refractivity contribution in [3.63, 3.8) is 0 Å². The van der Waals surface area contributed by atoms with E-state index in [2.05, 4.69) is 11.9 Å². The van der Waals surface area contributed by atoms with Crippen molar-refractivity contribution in [1.29, 1.82) is 0 Å². The van der Waals surface area contributed by atoms with Gasteiger partial charge in [0.25, 0.3) is 0 Å². The molecule has 84 valence electrons. The Morgan fingerprint density at radius 1 is 1.44 bits per heavy atom. The van der Waals surface area contributed by atoms with Gasteiger partial charge in [-0.25, -0.2) is 9.37 Å². The van der Waals surface area contributed by atoms with E-state index in [1.54, 1.807) is 18.3 Å². The Balaban J connectivity index is 2.24. The van der Waals surface area contributed by atoms with Crippen LogP contribution in [0.4, 0.5) is 4.39 Å². The first-order valence-corrected chi connectivity index (χ1v) is 5.52. The van der Waals surface area contributed by atoms with Crippen LogP contribution < -0.4 is 0 Å². The number of nitrogens with zero attached hydrogens (tertiary/aromatic N) is 2. The van der Waals surface area contributed by atoms with Crippen molar-refractivity contribution in [2.75, 3.05) is 0 Å². The second kappa shape index (κ2) is 4.66. The maximum atomic E-state index is 13.0. The summed E-state index contributed by atoms with van der Waals surface area (Å²) in [6.45, 7) is 2.72. The SMILES string of the molecule is CCc1nccn1Cc1ccc(F)c(Cl)c1. The van der Waals surface area contributed by atoms with E-state index in [4.69, 9.17) is 11.6 Å². The van der Waals surface area contributed by atoms with Gasteiger partial charge < -0.3 is 4.57 Å². The molecule has 0 saturated carbocycles. The van der Waals surface area contributed by atoms with Crippen molar-refractivity contribution in [2.24, 2.45) is 0 Å². The molecular weight excluding hydrogens is 227 g/mol. The average molecular weight is 239 g/mol. The van der Waals surface area contributed by atoms with E-state index >= 15 is 0 Å². The molecule has 0 aliphatic carbocycles. The second-order valence-corrected chi connectivity index (χ2v) is 3.98. The zero-order chi connectivity index (χ0) is 11.5. The molecule has 0 radical (unpaired) electrons. The van der Waals surface area contributed by atoms with Gasteiger partial charge in [-0.1, -0.05) is 24.6 Å². The van der Waals surface area contributed by atoms with Gasteiger partial charge in [0, 0.05) is 25.4 Å². The lowest BCUT2D eigenvalue weighted by Gasteiger charge is -2.07. The van der Waals surface area contributed by atoms with Gasteiger partial charge in [-0.3, -0.25) is 0 Å². The van der Waals surface area contributed by atoms with Crippen molar-refractivity contribution in [3.8, 4) is 0 Å². The van der Waals surface area contributed by atoms with E-state index in [0.717, 1.165) is 17.8 Å². The van der Waals surface area contributed by atoms with Crippen molar-refractivity contribution >= 4 is 11.6 Å². The molecule has 0 amide bonds. The molecular formula is C12H12ClFN2. The summed E-state index contributed by atoms with van der Waals surface area (Å²) in [4.78, 5) is 4.23. The zero-order valence-corrected chi connectivity index (χ0v) is 9.71. The molecule has 2 aromatic rings. The number of aryl methyl sites for hydroxylation is 1. The number of aromatic nitrogens is 2. The third-order valence-electron chi connectivity index (χ3n) is 2.45. The first-order valence-electron chi connectivity index (χ1n) is 5.14. The molecule has 0 atom stereocenters. The molecule has 0 unspecified atom stereocenters. The highest BCUT2D eigenvalue weighted by Gasteiger charge is 2.04. The molecule has 0 aliphatic heterocycles. The normalized spacial score (nSPS) is 10.7. The molecule has 1 aromatic heterocycles. The number of benzene rings is 1. The summed E-state index contributed by atoms with van der Waals surface area (Å²) in [5.74, 6) is 0.632. The van der Waals surface area contributed by atoms with Gasteiger partial charge in [0.1, 0.15) is 11.6 Å². The topological polar surface area (TPSA) is 17.8 Å². The Hall–Kier alpha value is -1.35. The lowest BCUT2D eigenvalue weighted by molar-refractivity contribution is 0.626. The predicted octanol–water partition coefficient (Wildman–Crippen LogP) is 3.29.